The topological polar surface area (TPSA) is 162 Å². The predicted molar refractivity (Wildman–Crippen MR) is 135 cm³/mol. The van der Waals surface area contributed by atoms with Crippen LogP contribution >= 0.6 is 22.7 Å². The Bertz CT molecular complexity index is 830. The van der Waals surface area contributed by atoms with Crippen molar-refractivity contribution in [3.8, 4) is 10.7 Å². The van der Waals surface area contributed by atoms with Crippen LogP contribution in [-0.2, 0) is 11.2 Å². The number of guanidine groups is 1. The molecule has 2 heterocycles. The molecule has 0 spiro atoms. The van der Waals surface area contributed by atoms with E-state index in [0.29, 0.717) is 24.4 Å². The van der Waals surface area contributed by atoms with Gasteiger partial charge in [0.05, 0.1) is 11.0 Å². The van der Waals surface area contributed by atoms with Gasteiger partial charge in [-0.05, 0) is 19.8 Å². The summed E-state index contributed by atoms with van der Waals surface area (Å²) in [5, 5.41) is 7.99. The van der Waals surface area contributed by atoms with Crippen LogP contribution in [0.3, 0.4) is 0 Å². The molecule has 0 aromatic carbocycles. The Balaban J connectivity index is 0.000000738. The molecule has 0 bridgehead atoms. The summed E-state index contributed by atoms with van der Waals surface area (Å²) in [5.41, 5.74) is 16.5. The van der Waals surface area contributed by atoms with Gasteiger partial charge in [-0.25, -0.2) is 9.97 Å². The quantitative estimate of drug-likeness (QED) is 0.299. The van der Waals surface area contributed by atoms with E-state index >= 15 is 0 Å². The second kappa shape index (κ2) is 17.1. The van der Waals surface area contributed by atoms with Crippen molar-refractivity contribution in [2.24, 2.45) is 22.2 Å². The Hall–Kier alpha value is -2.53. The fourth-order valence-corrected chi connectivity index (χ4v) is 4.02. The summed E-state index contributed by atoms with van der Waals surface area (Å²) in [5.74, 6) is -0.275. The molecule has 0 saturated heterocycles. The number of aromatic nitrogens is 2. The molecule has 2 aromatic rings. The summed E-state index contributed by atoms with van der Waals surface area (Å²) in [6.07, 6.45) is 4.27. The van der Waals surface area contributed by atoms with Crippen LogP contribution < -0.4 is 22.5 Å². The summed E-state index contributed by atoms with van der Waals surface area (Å²) in [7, 11) is 0. The lowest BCUT2D eigenvalue weighted by molar-refractivity contribution is -0.121. The van der Waals surface area contributed by atoms with E-state index in [1.54, 1.807) is 5.38 Å². The van der Waals surface area contributed by atoms with Gasteiger partial charge in [-0.3, -0.25) is 14.6 Å². The van der Waals surface area contributed by atoms with E-state index in [-0.39, 0.29) is 23.6 Å². The first-order valence-electron chi connectivity index (χ1n) is 10.8. The minimum absolute atomic E-state index is 0.0697. The second-order valence-corrected chi connectivity index (χ2v) is 8.37. The van der Waals surface area contributed by atoms with Crippen LogP contribution in [0.25, 0.3) is 10.7 Å². The van der Waals surface area contributed by atoms with Gasteiger partial charge in [0.15, 0.2) is 5.96 Å². The van der Waals surface area contributed by atoms with Gasteiger partial charge in [0, 0.05) is 30.1 Å². The zero-order valence-electron chi connectivity index (χ0n) is 19.7. The molecule has 11 heteroatoms. The fraction of sp³-hybridized carbons (Fsp3) is 0.571. The van der Waals surface area contributed by atoms with Crippen LogP contribution in [0.15, 0.2) is 15.8 Å². The zero-order chi connectivity index (χ0) is 24.5. The first-order valence-corrected chi connectivity index (χ1v) is 12.6. The number of amides is 2. The smallest absolute Gasteiger partial charge is 0.268 e. The van der Waals surface area contributed by atoms with E-state index in [1.807, 2.05) is 33.1 Å². The molecule has 9 nitrogen and oxygen atoms in total. The molecule has 7 N–H and O–H groups in total. The number of hydrogen-bond acceptors (Lipinski definition) is 7. The number of aliphatic imine (C=N–C) groups is 1. The van der Waals surface area contributed by atoms with E-state index < -0.39 is 5.91 Å². The van der Waals surface area contributed by atoms with Gasteiger partial charge >= 0.3 is 0 Å². The number of hydrogen-bond donors (Lipinski definition) is 4. The maximum Gasteiger partial charge on any atom is 0.268 e. The van der Waals surface area contributed by atoms with Crippen LogP contribution in [0, 0.1) is 0 Å². The molecule has 0 aliphatic rings. The van der Waals surface area contributed by atoms with Crippen LogP contribution in [0.2, 0.25) is 0 Å². The summed E-state index contributed by atoms with van der Waals surface area (Å²) in [4.78, 5) is 34.9. The van der Waals surface area contributed by atoms with Gasteiger partial charge < -0.3 is 22.5 Å². The average Bonchev–Trinajstić information content (AvgIpc) is 3.39. The fourth-order valence-electron chi connectivity index (χ4n) is 2.39. The van der Waals surface area contributed by atoms with Crippen molar-refractivity contribution in [1.29, 1.82) is 0 Å². The first-order chi connectivity index (χ1) is 15.3. The molecule has 2 aromatic heterocycles. The van der Waals surface area contributed by atoms with Crippen molar-refractivity contribution in [2.45, 2.75) is 72.8 Å². The summed E-state index contributed by atoms with van der Waals surface area (Å²) >= 11 is 2.86. The Morgan fingerprint density at radius 1 is 1.09 bits per heavy atom. The molecule has 2 rings (SSSR count). The number of nitrogens with one attached hydrogen (secondary N) is 1. The Kier molecular flexibility index (Phi) is 15.7. The lowest BCUT2D eigenvalue weighted by Gasteiger charge is -2.02. The van der Waals surface area contributed by atoms with Crippen molar-refractivity contribution >= 4 is 40.4 Å². The molecule has 0 aliphatic heterocycles. The molecule has 32 heavy (non-hydrogen) atoms. The highest BCUT2D eigenvalue weighted by Gasteiger charge is 2.11. The van der Waals surface area contributed by atoms with Gasteiger partial charge in [-0.2, -0.15) is 0 Å². The molecule has 2 amide bonds. The van der Waals surface area contributed by atoms with Gasteiger partial charge in [0.2, 0.25) is 5.91 Å². The maximum absolute atomic E-state index is 11.3. The monoisotopic (exact) mass is 483 g/mol. The Labute approximate surface area is 198 Å². The largest absolute Gasteiger partial charge is 0.370 e. The number of nitrogens with two attached hydrogens (primary N) is 3. The number of thiazole rings is 2. The Morgan fingerprint density at radius 2 is 1.78 bits per heavy atom. The molecule has 180 valence electrons. The minimum atomic E-state index is -0.536. The number of rotatable bonds is 10. The van der Waals surface area contributed by atoms with Gasteiger partial charge in [0.1, 0.15) is 16.4 Å². The third kappa shape index (κ3) is 12.4. The van der Waals surface area contributed by atoms with E-state index in [1.165, 1.54) is 22.7 Å². The predicted octanol–water partition coefficient (Wildman–Crippen LogP) is 3.30. The summed E-state index contributed by atoms with van der Waals surface area (Å²) < 4.78 is 0. The molecular formula is C21H37N7O2S2. The molecule has 0 fully saturated rings. The number of carbonyl (C=O) groups excluding carboxylic acids is 2. The summed E-state index contributed by atoms with van der Waals surface area (Å²) in [6, 6.07) is 0.278. The molecular weight excluding hydrogens is 446 g/mol. The van der Waals surface area contributed by atoms with Crippen LogP contribution in [0.1, 0.15) is 75.8 Å². The molecule has 1 atom stereocenters. The van der Waals surface area contributed by atoms with Crippen LogP contribution in [0.4, 0.5) is 0 Å². The van der Waals surface area contributed by atoms with Gasteiger partial charge in [0.25, 0.3) is 5.91 Å². The van der Waals surface area contributed by atoms with E-state index in [2.05, 4.69) is 27.2 Å². The second-order valence-electron chi connectivity index (χ2n) is 6.57. The van der Waals surface area contributed by atoms with Crippen LogP contribution in [-0.4, -0.2) is 40.3 Å². The highest BCUT2D eigenvalue weighted by molar-refractivity contribution is 7.14. The molecule has 0 saturated carbocycles. The van der Waals surface area contributed by atoms with E-state index in [0.717, 1.165) is 30.0 Å². The molecule has 0 radical (unpaired) electrons. The van der Waals surface area contributed by atoms with Gasteiger partial charge in [-0.15, -0.1) is 22.7 Å². The molecule has 1 unspecified atom stereocenters. The first kappa shape index (κ1) is 29.5. The normalized spacial score (nSPS) is 10.7. The van der Waals surface area contributed by atoms with Crippen molar-refractivity contribution in [3.63, 3.8) is 0 Å². The third-order valence-electron chi connectivity index (χ3n) is 3.74. The van der Waals surface area contributed by atoms with Crippen LogP contribution in [0.5, 0.6) is 0 Å². The van der Waals surface area contributed by atoms with Gasteiger partial charge in [-0.1, -0.05) is 34.1 Å². The van der Waals surface area contributed by atoms with Crippen molar-refractivity contribution < 1.29 is 9.59 Å². The number of nitrogens with zero attached hydrogens (tertiary/aromatic N) is 3. The molecule has 0 aliphatic carbocycles. The lowest BCUT2D eigenvalue weighted by Crippen LogP contribution is -2.25. The number of carbonyl (C=O) groups is 2. The minimum Gasteiger partial charge on any atom is -0.370 e. The highest BCUT2D eigenvalue weighted by atomic mass is 32.1. The van der Waals surface area contributed by atoms with E-state index in [9.17, 15) is 9.59 Å². The Morgan fingerprint density at radius 3 is 2.31 bits per heavy atom. The highest BCUT2D eigenvalue weighted by Crippen LogP contribution is 2.25. The lowest BCUT2D eigenvalue weighted by atomic mass is 10.2. The SMILES string of the molecule is CC.CCCC(=O)NCCc1nc(-c2nc(C(N)=O)cs2)cs1.CCCC(C)N=C(N)N. The third-order valence-corrected chi connectivity index (χ3v) is 5.51. The van der Waals surface area contributed by atoms with Crippen molar-refractivity contribution in [3.05, 3.63) is 21.5 Å². The zero-order valence-corrected chi connectivity index (χ0v) is 21.3. The number of primary amides is 1. The summed E-state index contributed by atoms with van der Waals surface area (Å²) in [6.45, 7) is 10.7. The average molecular weight is 484 g/mol. The van der Waals surface area contributed by atoms with Crippen molar-refractivity contribution in [2.75, 3.05) is 6.54 Å². The standard InChI is InChI=1S/C13H16N4O2S2.C6H15N3.C2H6/c1-2-3-10(18)15-5-4-11-16-9(7-20-11)13-17-8(6-21-13)12(14)19;1-3-4-5(2)9-6(7)8;1-2/h6-7H,2-5H2,1H3,(H2,14,19)(H,15,18);5H,3-4H2,1-2H3,(H4,7,8,9);1-2H3. The van der Waals surface area contributed by atoms with Crippen molar-refractivity contribution in [1.82, 2.24) is 15.3 Å². The maximum atomic E-state index is 11.3. The van der Waals surface area contributed by atoms with E-state index in [4.69, 9.17) is 17.2 Å².